The summed E-state index contributed by atoms with van der Waals surface area (Å²) >= 11 is 3.42. The normalized spacial score (nSPS) is 17.0. The SMILES string of the molecule is Brc1ccc(CNC2CNC2)cc1. The molecular weight excluding hydrogens is 228 g/mol. The first-order chi connectivity index (χ1) is 6.34. The minimum absolute atomic E-state index is 0.670. The highest BCUT2D eigenvalue weighted by atomic mass is 79.9. The first-order valence-corrected chi connectivity index (χ1v) is 5.32. The topological polar surface area (TPSA) is 24.1 Å². The first kappa shape index (κ1) is 9.19. The number of halogens is 1. The molecule has 0 aromatic heterocycles. The monoisotopic (exact) mass is 240 g/mol. The average molecular weight is 241 g/mol. The van der Waals surface area contributed by atoms with E-state index >= 15 is 0 Å². The Kier molecular flexibility index (Phi) is 2.98. The summed E-state index contributed by atoms with van der Waals surface area (Å²) in [5, 5.41) is 6.71. The Hall–Kier alpha value is -0.380. The van der Waals surface area contributed by atoms with Crippen LogP contribution in [0, 0.1) is 0 Å². The largest absolute Gasteiger partial charge is 0.314 e. The summed E-state index contributed by atoms with van der Waals surface area (Å²) < 4.78 is 1.14. The van der Waals surface area contributed by atoms with Crippen LogP contribution in [-0.4, -0.2) is 19.1 Å². The molecule has 70 valence electrons. The highest BCUT2D eigenvalue weighted by molar-refractivity contribution is 9.10. The molecule has 1 aromatic carbocycles. The van der Waals surface area contributed by atoms with Crippen LogP contribution in [0.5, 0.6) is 0 Å². The Balaban J connectivity index is 1.83. The molecule has 1 fully saturated rings. The summed E-state index contributed by atoms with van der Waals surface area (Å²) in [6.07, 6.45) is 0. The third-order valence-electron chi connectivity index (χ3n) is 2.29. The van der Waals surface area contributed by atoms with Gasteiger partial charge >= 0.3 is 0 Å². The molecule has 2 N–H and O–H groups in total. The van der Waals surface area contributed by atoms with E-state index in [0.717, 1.165) is 24.1 Å². The van der Waals surface area contributed by atoms with Gasteiger partial charge in [-0.05, 0) is 17.7 Å². The molecule has 0 saturated carbocycles. The highest BCUT2D eigenvalue weighted by Gasteiger charge is 2.14. The Morgan fingerprint density at radius 3 is 2.54 bits per heavy atom. The number of hydrogen-bond acceptors (Lipinski definition) is 2. The van der Waals surface area contributed by atoms with Gasteiger partial charge in [0.05, 0.1) is 0 Å². The van der Waals surface area contributed by atoms with Crippen molar-refractivity contribution >= 4 is 15.9 Å². The van der Waals surface area contributed by atoms with Gasteiger partial charge in [0, 0.05) is 30.1 Å². The predicted octanol–water partition coefficient (Wildman–Crippen LogP) is 1.51. The number of hydrogen-bond donors (Lipinski definition) is 2. The smallest absolute Gasteiger partial charge is 0.0320 e. The lowest BCUT2D eigenvalue weighted by molar-refractivity contribution is 0.365. The molecule has 1 aromatic rings. The van der Waals surface area contributed by atoms with Crippen molar-refractivity contribution in [1.29, 1.82) is 0 Å². The molecule has 0 atom stereocenters. The van der Waals surface area contributed by atoms with E-state index in [1.54, 1.807) is 0 Å². The molecule has 2 rings (SSSR count). The molecule has 0 aliphatic carbocycles. The van der Waals surface area contributed by atoms with Crippen LogP contribution in [0.15, 0.2) is 28.7 Å². The van der Waals surface area contributed by atoms with Crippen LogP contribution in [0.1, 0.15) is 5.56 Å². The minimum atomic E-state index is 0.670. The van der Waals surface area contributed by atoms with E-state index in [-0.39, 0.29) is 0 Å². The minimum Gasteiger partial charge on any atom is -0.314 e. The van der Waals surface area contributed by atoms with Crippen LogP contribution in [0.2, 0.25) is 0 Å². The van der Waals surface area contributed by atoms with Crippen LogP contribution < -0.4 is 10.6 Å². The summed E-state index contributed by atoms with van der Waals surface area (Å²) in [5.41, 5.74) is 1.34. The van der Waals surface area contributed by atoms with Gasteiger partial charge in [-0.2, -0.15) is 0 Å². The lowest BCUT2D eigenvalue weighted by Crippen LogP contribution is -2.54. The van der Waals surface area contributed by atoms with Gasteiger partial charge in [0.1, 0.15) is 0 Å². The molecule has 0 bridgehead atoms. The lowest BCUT2D eigenvalue weighted by Gasteiger charge is -2.28. The van der Waals surface area contributed by atoms with E-state index in [2.05, 4.69) is 50.8 Å². The Labute approximate surface area is 86.9 Å². The van der Waals surface area contributed by atoms with Gasteiger partial charge in [-0.25, -0.2) is 0 Å². The van der Waals surface area contributed by atoms with Crippen LogP contribution >= 0.6 is 15.9 Å². The zero-order valence-corrected chi connectivity index (χ0v) is 8.97. The maximum absolute atomic E-state index is 3.48. The van der Waals surface area contributed by atoms with Crippen LogP contribution in [0.25, 0.3) is 0 Å². The van der Waals surface area contributed by atoms with Gasteiger partial charge < -0.3 is 10.6 Å². The summed E-state index contributed by atoms with van der Waals surface area (Å²) in [7, 11) is 0. The Bertz CT molecular complexity index is 267. The third kappa shape index (κ3) is 2.53. The fraction of sp³-hybridized carbons (Fsp3) is 0.400. The van der Waals surface area contributed by atoms with Crippen molar-refractivity contribution in [3.05, 3.63) is 34.3 Å². The quantitative estimate of drug-likeness (QED) is 0.838. The third-order valence-corrected chi connectivity index (χ3v) is 2.82. The van der Waals surface area contributed by atoms with Gasteiger partial charge in [0.2, 0.25) is 0 Å². The fourth-order valence-corrected chi connectivity index (χ4v) is 1.56. The molecule has 0 unspecified atom stereocenters. The number of rotatable bonds is 3. The summed E-state index contributed by atoms with van der Waals surface area (Å²) in [4.78, 5) is 0. The van der Waals surface area contributed by atoms with Crippen molar-refractivity contribution in [3.8, 4) is 0 Å². The van der Waals surface area contributed by atoms with Gasteiger partial charge in [0.25, 0.3) is 0 Å². The molecule has 0 amide bonds. The standard InChI is InChI=1S/C10H13BrN2/c11-9-3-1-8(2-4-9)5-13-10-6-12-7-10/h1-4,10,12-13H,5-7H2. The van der Waals surface area contributed by atoms with Gasteiger partial charge in [0.15, 0.2) is 0 Å². The molecule has 0 spiro atoms. The molecule has 0 radical (unpaired) electrons. The molecule has 3 heteroatoms. The number of nitrogens with one attached hydrogen (secondary N) is 2. The maximum atomic E-state index is 3.48. The van der Waals surface area contributed by atoms with Crippen molar-refractivity contribution in [2.45, 2.75) is 12.6 Å². The number of benzene rings is 1. The van der Waals surface area contributed by atoms with E-state index in [1.807, 2.05) is 0 Å². The zero-order valence-electron chi connectivity index (χ0n) is 7.39. The van der Waals surface area contributed by atoms with Crippen LogP contribution in [0.4, 0.5) is 0 Å². The molecule has 13 heavy (non-hydrogen) atoms. The van der Waals surface area contributed by atoms with E-state index in [0.29, 0.717) is 6.04 Å². The second-order valence-corrected chi connectivity index (χ2v) is 4.28. The Morgan fingerprint density at radius 2 is 2.00 bits per heavy atom. The van der Waals surface area contributed by atoms with E-state index < -0.39 is 0 Å². The van der Waals surface area contributed by atoms with Gasteiger partial charge in [-0.15, -0.1) is 0 Å². The van der Waals surface area contributed by atoms with Gasteiger partial charge in [-0.1, -0.05) is 28.1 Å². The average Bonchev–Trinajstić information content (AvgIpc) is 2.05. The van der Waals surface area contributed by atoms with E-state index in [1.165, 1.54) is 5.56 Å². The zero-order chi connectivity index (χ0) is 9.10. The Morgan fingerprint density at radius 1 is 1.31 bits per heavy atom. The summed E-state index contributed by atoms with van der Waals surface area (Å²) in [5.74, 6) is 0. The molecule has 1 saturated heterocycles. The van der Waals surface area contributed by atoms with Crippen molar-refractivity contribution < 1.29 is 0 Å². The first-order valence-electron chi connectivity index (χ1n) is 4.53. The molecule has 1 heterocycles. The van der Waals surface area contributed by atoms with Crippen LogP contribution in [-0.2, 0) is 6.54 Å². The molecular formula is C10H13BrN2. The van der Waals surface area contributed by atoms with E-state index in [9.17, 15) is 0 Å². The second-order valence-electron chi connectivity index (χ2n) is 3.36. The fourth-order valence-electron chi connectivity index (χ4n) is 1.30. The summed E-state index contributed by atoms with van der Waals surface area (Å²) in [6, 6.07) is 9.11. The molecule has 2 nitrogen and oxygen atoms in total. The van der Waals surface area contributed by atoms with Crippen molar-refractivity contribution in [3.63, 3.8) is 0 Å². The predicted molar refractivity (Wildman–Crippen MR) is 57.6 cm³/mol. The maximum Gasteiger partial charge on any atom is 0.0320 e. The highest BCUT2D eigenvalue weighted by Crippen LogP contribution is 2.10. The molecule has 1 aliphatic rings. The van der Waals surface area contributed by atoms with Crippen molar-refractivity contribution in [2.24, 2.45) is 0 Å². The van der Waals surface area contributed by atoms with Crippen molar-refractivity contribution in [1.82, 2.24) is 10.6 Å². The van der Waals surface area contributed by atoms with E-state index in [4.69, 9.17) is 0 Å². The van der Waals surface area contributed by atoms with Crippen LogP contribution in [0.3, 0.4) is 0 Å². The van der Waals surface area contributed by atoms with Gasteiger partial charge in [-0.3, -0.25) is 0 Å². The summed E-state index contributed by atoms with van der Waals surface area (Å²) in [6.45, 7) is 3.19. The lowest BCUT2D eigenvalue weighted by atomic mass is 10.1. The van der Waals surface area contributed by atoms with Crippen molar-refractivity contribution in [2.75, 3.05) is 13.1 Å². The molecule has 1 aliphatic heterocycles. The second kappa shape index (κ2) is 4.22.